The predicted octanol–water partition coefficient (Wildman–Crippen LogP) is 3.70. The van der Waals surface area contributed by atoms with Gasteiger partial charge in [-0.05, 0) is 43.2 Å². The summed E-state index contributed by atoms with van der Waals surface area (Å²) < 4.78 is 0. The number of rotatable bonds is 3. The van der Waals surface area contributed by atoms with Gasteiger partial charge in [-0.1, -0.05) is 41.4 Å². The molecule has 0 bridgehead atoms. The lowest BCUT2D eigenvalue weighted by Crippen LogP contribution is -2.43. The van der Waals surface area contributed by atoms with E-state index in [0.717, 1.165) is 17.7 Å². The molecule has 0 aromatic heterocycles. The zero-order valence-corrected chi connectivity index (χ0v) is 14.6. The minimum Gasteiger partial charge on any atom is -0.343 e. The minimum atomic E-state index is -0.359. The van der Waals surface area contributed by atoms with Gasteiger partial charge in [0.1, 0.15) is 0 Å². The van der Waals surface area contributed by atoms with E-state index in [4.69, 9.17) is 23.2 Å². The Morgan fingerprint density at radius 3 is 2.67 bits per heavy atom. The highest BCUT2D eigenvalue weighted by Crippen LogP contribution is 2.31. The lowest BCUT2D eigenvalue weighted by atomic mass is 10.1. The van der Waals surface area contributed by atoms with Gasteiger partial charge in [-0.25, -0.2) is 0 Å². The lowest BCUT2D eigenvalue weighted by molar-refractivity contribution is -0.118. The number of nitrogens with zero attached hydrogens (tertiary/aromatic N) is 1. The van der Waals surface area contributed by atoms with Gasteiger partial charge in [0, 0.05) is 17.3 Å². The van der Waals surface area contributed by atoms with E-state index in [2.05, 4.69) is 5.32 Å². The predicted molar refractivity (Wildman–Crippen MR) is 95.9 cm³/mol. The van der Waals surface area contributed by atoms with Gasteiger partial charge in [0.15, 0.2) is 0 Å². The second-order valence-electron chi connectivity index (χ2n) is 5.76. The number of fused-ring (bicyclic) bond motifs is 1. The number of benzene rings is 2. The molecule has 1 aliphatic rings. The number of hydrogen-bond acceptors (Lipinski definition) is 2. The Morgan fingerprint density at radius 1 is 1.17 bits per heavy atom. The minimum absolute atomic E-state index is 0.0717. The SMILES string of the molecule is CC1Cc2ccccc2N1C(=O)CNC(=O)c1ccc(Cl)c(Cl)c1. The molecule has 1 atom stereocenters. The summed E-state index contributed by atoms with van der Waals surface area (Å²) in [6.45, 7) is 1.93. The molecule has 2 aromatic rings. The van der Waals surface area contributed by atoms with E-state index >= 15 is 0 Å². The molecule has 2 amide bonds. The van der Waals surface area contributed by atoms with Gasteiger partial charge >= 0.3 is 0 Å². The molecule has 0 spiro atoms. The Hall–Kier alpha value is -2.04. The molecule has 1 heterocycles. The van der Waals surface area contributed by atoms with Crippen LogP contribution in [-0.2, 0) is 11.2 Å². The molecule has 2 aromatic carbocycles. The van der Waals surface area contributed by atoms with Crippen molar-refractivity contribution in [1.82, 2.24) is 5.32 Å². The number of nitrogens with one attached hydrogen (secondary N) is 1. The van der Waals surface area contributed by atoms with Crippen LogP contribution < -0.4 is 10.2 Å². The Kier molecular flexibility index (Phi) is 4.78. The number of hydrogen-bond donors (Lipinski definition) is 1. The van der Waals surface area contributed by atoms with Crippen molar-refractivity contribution in [2.45, 2.75) is 19.4 Å². The highest BCUT2D eigenvalue weighted by atomic mass is 35.5. The summed E-state index contributed by atoms with van der Waals surface area (Å²) in [5.41, 5.74) is 2.43. The maximum absolute atomic E-state index is 12.5. The topological polar surface area (TPSA) is 49.4 Å². The highest BCUT2D eigenvalue weighted by molar-refractivity contribution is 6.42. The van der Waals surface area contributed by atoms with Gasteiger partial charge in [0.2, 0.25) is 5.91 Å². The second-order valence-corrected chi connectivity index (χ2v) is 6.57. The van der Waals surface area contributed by atoms with Crippen molar-refractivity contribution < 1.29 is 9.59 Å². The van der Waals surface area contributed by atoms with Gasteiger partial charge < -0.3 is 10.2 Å². The van der Waals surface area contributed by atoms with Gasteiger partial charge in [0.25, 0.3) is 5.91 Å². The second kappa shape index (κ2) is 6.83. The molecule has 0 aliphatic carbocycles. The van der Waals surface area contributed by atoms with Crippen molar-refractivity contribution in [3.8, 4) is 0 Å². The molecule has 0 fully saturated rings. The molecule has 1 unspecified atom stereocenters. The third kappa shape index (κ3) is 3.25. The van der Waals surface area contributed by atoms with E-state index in [1.54, 1.807) is 17.0 Å². The Bertz CT molecular complexity index is 807. The van der Waals surface area contributed by atoms with Crippen LogP contribution in [0.4, 0.5) is 5.69 Å². The van der Waals surface area contributed by atoms with Gasteiger partial charge in [0.05, 0.1) is 16.6 Å². The van der Waals surface area contributed by atoms with Crippen LogP contribution in [0, 0.1) is 0 Å². The fraction of sp³-hybridized carbons (Fsp3) is 0.222. The highest BCUT2D eigenvalue weighted by Gasteiger charge is 2.30. The van der Waals surface area contributed by atoms with Crippen molar-refractivity contribution in [2.24, 2.45) is 0 Å². The Labute approximate surface area is 150 Å². The lowest BCUT2D eigenvalue weighted by Gasteiger charge is -2.23. The van der Waals surface area contributed by atoms with Gasteiger partial charge in [-0.3, -0.25) is 9.59 Å². The fourth-order valence-corrected chi connectivity index (χ4v) is 3.22. The number of anilines is 1. The van der Waals surface area contributed by atoms with Crippen molar-refractivity contribution >= 4 is 40.7 Å². The fourth-order valence-electron chi connectivity index (χ4n) is 2.93. The van der Waals surface area contributed by atoms with Crippen LogP contribution >= 0.6 is 23.2 Å². The summed E-state index contributed by atoms with van der Waals surface area (Å²) in [4.78, 5) is 26.5. The quantitative estimate of drug-likeness (QED) is 0.904. The summed E-state index contributed by atoms with van der Waals surface area (Å²) in [5.74, 6) is -0.497. The molecule has 0 saturated carbocycles. The number of carbonyl (C=O) groups excluding carboxylic acids is 2. The van der Waals surface area contributed by atoms with Gasteiger partial charge in [-0.15, -0.1) is 0 Å². The molecule has 1 aliphatic heterocycles. The first-order valence-corrected chi connectivity index (χ1v) is 8.36. The van der Waals surface area contributed by atoms with E-state index < -0.39 is 0 Å². The third-order valence-electron chi connectivity index (χ3n) is 4.06. The molecule has 1 N–H and O–H groups in total. The maximum atomic E-state index is 12.5. The number of halogens is 2. The molecule has 124 valence electrons. The maximum Gasteiger partial charge on any atom is 0.251 e. The molecule has 6 heteroatoms. The van der Waals surface area contributed by atoms with Crippen molar-refractivity contribution in [3.63, 3.8) is 0 Å². The van der Waals surface area contributed by atoms with Gasteiger partial charge in [-0.2, -0.15) is 0 Å². The molecule has 4 nitrogen and oxygen atoms in total. The first-order chi connectivity index (χ1) is 11.5. The van der Waals surface area contributed by atoms with Crippen LogP contribution in [0.3, 0.4) is 0 Å². The average molecular weight is 363 g/mol. The molecule has 3 rings (SSSR count). The van der Waals surface area contributed by atoms with E-state index in [1.807, 2.05) is 31.2 Å². The van der Waals surface area contributed by atoms with Crippen LogP contribution in [0.25, 0.3) is 0 Å². The zero-order chi connectivity index (χ0) is 17.3. The summed E-state index contributed by atoms with van der Waals surface area (Å²) >= 11 is 11.8. The molecule has 0 saturated heterocycles. The third-order valence-corrected chi connectivity index (χ3v) is 4.80. The van der Waals surface area contributed by atoms with Crippen molar-refractivity contribution in [1.29, 1.82) is 0 Å². The summed E-state index contributed by atoms with van der Waals surface area (Å²) in [7, 11) is 0. The first-order valence-electron chi connectivity index (χ1n) is 7.60. The monoisotopic (exact) mass is 362 g/mol. The van der Waals surface area contributed by atoms with Crippen LogP contribution in [-0.4, -0.2) is 24.4 Å². The summed E-state index contributed by atoms with van der Waals surface area (Å²) in [6.07, 6.45) is 0.822. The van der Waals surface area contributed by atoms with Crippen LogP contribution in [0.15, 0.2) is 42.5 Å². The van der Waals surface area contributed by atoms with E-state index in [1.165, 1.54) is 6.07 Å². The van der Waals surface area contributed by atoms with Crippen LogP contribution in [0.5, 0.6) is 0 Å². The Balaban J connectivity index is 1.67. The largest absolute Gasteiger partial charge is 0.343 e. The first kappa shape index (κ1) is 16.8. The molecular weight excluding hydrogens is 347 g/mol. The smallest absolute Gasteiger partial charge is 0.251 e. The Morgan fingerprint density at radius 2 is 1.92 bits per heavy atom. The van der Waals surface area contributed by atoms with E-state index in [-0.39, 0.29) is 24.4 Å². The van der Waals surface area contributed by atoms with Crippen molar-refractivity contribution in [2.75, 3.05) is 11.4 Å². The normalized spacial score (nSPS) is 16.0. The van der Waals surface area contributed by atoms with Crippen LogP contribution in [0.2, 0.25) is 10.0 Å². The standard InChI is InChI=1S/C18H16Cl2N2O2/c1-11-8-12-4-2-3-5-16(12)22(11)17(23)10-21-18(24)13-6-7-14(19)15(20)9-13/h2-7,9,11H,8,10H2,1H3,(H,21,24). The molecule has 0 radical (unpaired) electrons. The molecule has 24 heavy (non-hydrogen) atoms. The average Bonchev–Trinajstić information content (AvgIpc) is 2.90. The van der Waals surface area contributed by atoms with Crippen LogP contribution in [0.1, 0.15) is 22.8 Å². The van der Waals surface area contributed by atoms with E-state index in [0.29, 0.717) is 15.6 Å². The molecular formula is C18H16Cl2N2O2. The van der Waals surface area contributed by atoms with Crippen molar-refractivity contribution in [3.05, 3.63) is 63.6 Å². The number of carbonyl (C=O) groups is 2. The number of amides is 2. The number of para-hydroxylation sites is 1. The zero-order valence-electron chi connectivity index (χ0n) is 13.1. The van der Waals surface area contributed by atoms with E-state index in [9.17, 15) is 9.59 Å². The summed E-state index contributed by atoms with van der Waals surface area (Å²) in [6, 6.07) is 12.5. The summed E-state index contributed by atoms with van der Waals surface area (Å²) in [5, 5.41) is 3.33.